The SMILES string of the molecule is CCn1nc(C)cc1C(=O)N[C@H](CO)C(C)C. The molecule has 0 aromatic carbocycles. The molecule has 0 aliphatic rings. The van der Waals surface area contributed by atoms with Gasteiger partial charge in [0.1, 0.15) is 5.69 Å². The van der Waals surface area contributed by atoms with Gasteiger partial charge in [-0.05, 0) is 25.8 Å². The molecule has 2 N–H and O–H groups in total. The van der Waals surface area contributed by atoms with Crippen LogP contribution in [0.1, 0.15) is 37.0 Å². The van der Waals surface area contributed by atoms with Crippen LogP contribution < -0.4 is 5.32 Å². The van der Waals surface area contributed by atoms with Crippen molar-refractivity contribution in [2.45, 2.75) is 40.3 Å². The summed E-state index contributed by atoms with van der Waals surface area (Å²) in [7, 11) is 0. The standard InChI is InChI=1S/C12H21N3O2/c1-5-15-11(6-9(4)14-15)12(17)13-10(7-16)8(2)3/h6,8,10,16H,5,7H2,1-4H3,(H,13,17)/t10-/m1/s1. The molecule has 0 aliphatic heterocycles. The first-order valence-electron chi connectivity index (χ1n) is 5.95. The molecule has 17 heavy (non-hydrogen) atoms. The number of hydrogen-bond donors (Lipinski definition) is 2. The second-order valence-electron chi connectivity index (χ2n) is 4.49. The zero-order valence-corrected chi connectivity index (χ0v) is 10.9. The van der Waals surface area contributed by atoms with Crippen molar-refractivity contribution in [1.82, 2.24) is 15.1 Å². The summed E-state index contributed by atoms with van der Waals surface area (Å²) in [6, 6.07) is 1.54. The Morgan fingerprint density at radius 3 is 2.71 bits per heavy atom. The summed E-state index contributed by atoms with van der Waals surface area (Å²) in [5, 5.41) is 16.2. The number of amides is 1. The van der Waals surface area contributed by atoms with Crippen molar-refractivity contribution in [3.8, 4) is 0 Å². The smallest absolute Gasteiger partial charge is 0.269 e. The van der Waals surface area contributed by atoms with Gasteiger partial charge in [0.15, 0.2) is 0 Å². The Bertz CT molecular complexity index is 385. The van der Waals surface area contributed by atoms with Gasteiger partial charge in [-0.15, -0.1) is 0 Å². The van der Waals surface area contributed by atoms with Gasteiger partial charge < -0.3 is 10.4 Å². The monoisotopic (exact) mass is 239 g/mol. The molecule has 0 bridgehead atoms. The van der Waals surface area contributed by atoms with E-state index < -0.39 is 0 Å². The highest BCUT2D eigenvalue weighted by atomic mass is 16.3. The minimum atomic E-state index is -0.219. The number of aryl methyl sites for hydroxylation is 2. The molecule has 0 aliphatic carbocycles. The molecule has 1 aromatic heterocycles. The lowest BCUT2D eigenvalue weighted by Gasteiger charge is -2.19. The fraction of sp³-hybridized carbons (Fsp3) is 0.667. The highest BCUT2D eigenvalue weighted by molar-refractivity contribution is 5.92. The molecule has 0 saturated carbocycles. The zero-order chi connectivity index (χ0) is 13.0. The van der Waals surface area contributed by atoms with Crippen LogP contribution in [0.2, 0.25) is 0 Å². The predicted molar refractivity (Wildman–Crippen MR) is 65.8 cm³/mol. The third-order valence-corrected chi connectivity index (χ3v) is 2.75. The van der Waals surface area contributed by atoms with Crippen LogP contribution in [0.5, 0.6) is 0 Å². The molecule has 96 valence electrons. The summed E-state index contributed by atoms with van der Waals surface area (Å²) in [5.41, 5.74) is 1.37. The third-order valence-electron chi connectivity index (χ3n) is 2.75. The molecule has 0 saturated heterocycles. The molecule has 1 amide bonds. The number of aliphatic hydroxyl groups is 1. The van der Waals surface area contributed by atoms with Gasteiger partial charge in [-0.3, -0.25) is 9.48 Å². The highest BCUT2D eigenvalue weighted by Crippen LogP contribution is 2.06. The van der Waals surface area contributed by atoms with Gasteiger partial charge in [-0.1, -0.05) is 13.8 Å². The molecule has 0 radical (unpaired) electrons. The summed E-state index contributed by atoms with van der Waals surface area (Å²) in [5.74, 6) is 0.0169. The first kappa shape index (κ1) is 13.7. The maximum Gasteiger partial charge on any atom is 0.269 e. The second-order valence-corrected chi connectivity index (χ2v) is 4.49. The van der Waals surface area contributed by atoms with Crippen LogP contribution in [0.25, 0.3) is 0 Å². The topological polar surface area (TPSA) is 67.2 Å². The zero-order valence-electron chi connectivity index (χ0n) is 10.9. The number of aromatic nitrogens is 2. The largest absolute Gasteiger partial charge is 0.394 e. The van der Waals surface area contributed by atoms with Crippen LogP contribution in [0.15, 0.2) is 6.07 Å². The lowest BCUT2D eigenvalue weighted by atomic mass is 10.1. The fourth-order valence-corrected chi connectivity index (χ4v) is 1.63. The van der Waals surface area contributed by atoms with Gasteiger partial charge in [0.2, 0.25) is 0 Å². The Morgan fingerprint density at radius 1 is 1.59 bits per heavy atom. The molecule has 1 atom stereocenters. The lowest BCUT2D eigenvalue weighted by Crippen LogP contribution is -2.41. The van der Waals surface area contributed by atoms with Crippen molar-refractivity contribution >= 4 is 5.91 Å². The van der Waals surface area contributed by atoms with E-state index in [4.69, 9.17) is 0 Å². The van der Waals surface area contributed by atoms with Crippen molar-refractivity contribution in [3.05, 3.63) is 17.5 Å². The summed E-state index contributed by atoms with van der Waals surface area (Å²) in [6.07, 6.45) is 0. The van der Waals surface area contributed by atoms with Crippen LogP contribution in [-0.4, -0.2) is 33.4 Å². The van der Waals surface area contributed by atoms with E-state index in [1.807, 2.05) is 27.7 Å². The molecule has 5 heteroatoms. The van der Waals surface area contributed by atoms with Gasteiger partial charge in [0.25, 0.3) is 5.91 Å². The van der Waals surface area contributed by atoms with E-state index in [1.165, 1.54) is 0 Å². The molecular formula is C12H21N3O2. The van der Waals surface area contributed by atoms with Crippen LogP contribution in [0.4, 0.5) is 0 Å². The second kappa shape index (κ2) is 5.82. The van der Waals surface area contributed by atoms with Crippen molar-refractivity contribution in [2.24, 2.45) is 5.92 Å². The predicted octanol–water partition coefficient (Wildman–Crippen LogP) is 0.958. The number of nitrogens with zero attached hydrogens (tertiary/aromatic N) is 2. The minimum Gasteiger partial charge on any atom is -0.394 e. The molecule has 1 rings (SSSR count). The van der Waals surface area contributed by atoms with Gasteiger partial charge in [0.05, 0.1) is 18.3 Å². The van der Waals surface area contributed by atoms with Gasteiger partial charge in [0, 0.05) is 6.54 Å². The highest BCUT2D eigenvalue weighted by Gasteiger charge is 2.19. The van der Waals surface area contributed by atoms with Gasteiger partial charge in [-0.2, -0.15) is 5.10 Å². The fourth-order valence-electron chi connectivity index (χ4n) is 1.63. The van der Waals surface area contributed by atoms with E-state index in [0.29, 0.717) is 12.2 Å². The molecule has 5 nitrogen and oxygen atoms in total. The minimum absolute atomic E-state index is 0.0529. The van der Waals surface area contributed by atoms with Crippen molar-refractivity contribution < 1.29 is 9.90 Å². The Morgan fingerprint density at radius 2 is 2.24 bits per heavy atom. The van der Waals surface area contributed by atoms with Crippen molar-refractivity contribution in [3.63, 3.8) is 0 Å². The van der Waals surface area contributed by atoms with Crippen molar-refractivity contribution in [2.75, 3.05) is 6.61 Å². The number of nitrogens with one attached hydrogen (secondary N) is 1. The van der Waals surface area contributed by atoms with Gasteiger partial charge in [-0.25, -0.2) is 0 Å². The average Bonchev–Trinajstić information content (AvgIpc) is 2.66. The van der Waals surface area contributed by atoms with Crippen molar-refractivity contribution in [1.29, 1.82) is 0 Å². The van der Waals surface area contributed by atoms with E-state index in [-0.39, 0.29) is 24.5 Å². The van der Waals surface area contributed by atoms with Crippen LogP contribution >= 0.6 is 0 Å². The Hall–Kier alpha value is -1.36. The molecule has 1 heterocycles. The number of carbonyl (C=O) groups excluding carboxylic acids is 1. The average molecular weight is 239 g/mol. The molecule has 0 spiro atoms. The summed E-state index contributed by atoms with van der Waals surface area (Å²) in [4.78, 5) is 12.0. The Balaban J connectivity index is 2.81. The summed E-state index contributed by atoms with van der Waals surface area (Å²) < 4.78 is 1.67. The Kier molecular flexibility index (Phi) is 4.69. The van der Waals surface area contributed by atoms with E-state index in [2.05, 4.69) is 10.4 Å². The number of rotatable bonds is 5. The van der Waals surface area contributed by atoms with E-state index >= 15 is 0 Å². The maximum atomic E-state index is 12.0. The van der Waals surface area contributed by atoms with E-state index in [9.17, 15) is 9.90 Å². The maximum absolute atomic E-state index is 12.0. The number of carbonyl (C=O) groups is 1. The van der Waals surface area contributed by atoms with Crippen LogP contribution in [-0.2, 0) is 6.54 Å². The van der Waals surface area contributed by atoms with Crippen LogP contribution in [0, 0.1) is 12.8 Å². The normalized spacial score (nSPS) is 12.8. The quantitative estimate of drug-likeness (QED) is 0.804. The van der Waals surface area contributed by atoms with Crippen LogP contribution in [0.3, 0.4) is 0 Å². The first-order chi connectivity index (χ1) is 7.99. The third kappa shape index (κ3) is 3.30. The molecule has 0 fully saturated rings. The lowest BCUT2D eigenvalue weighted by molar-refractivity contribution is 0.0886. The Labute approximate surface area is 102 Å². The number of aliphatic hydroxyl groups excluding tert-OH is 1. The first-order valence-corrected chi connectivity index (χ1v) is 5.95. The van der Waals surface area contributed by atoms with E-state index in [1.54, 1.807) is 10.7 Å². The summed E-state index contributed by atoms with van der Waals surface area (Å²) in [6.45, 7) is 8.32. The molecule has 0 unspecified atom stereocenters. The number of hydrogen-bond acceptors (Lipinski definition) is 3. The summed E-state index contributed by atoms with van der Waals surface area (Å²) >= 11 is 0. The molecular weight excluding hydrogens is 218 g/mol. The van der Waals surface area contributed by atoms with Gasteiger partial charge >= 0.3 is 0 Å². The molecule has 1 aromatic rings. The van der Waals surface area contributed by atoms with E-state index in [0.717, 1.165) is 5.69 Å².